The van der Waals surface area contributed by atoms with Gasteiger partial charge < -0.3 is 25.6 Å². The summed E-state index contributed by atoms with van der Waals surface area (Å²) in [6, 6.07) is 8.37. The molecule has 2 heterocycles. The van der Waals surface area contributed by atoms with Crippen LogP contribution in [0.3, 0.4) is 0 Å². The molecule has 0 saturated carbocycles. The Morgan fingerprint density at radius 2 is 2.04 bits per heavy atom. The number of carbonyl (C=O) groups is 1. The normalized spacial score (nSPS) is 14.1. The number of nitrogens with zero attached hydrogens (tertiary/aromatic N) is 2. The van der Waals surface area contributed by atoms with E-state index in [0.717, 1.165) is 32.0 Å². The summed E-state index contributed by atoms with van der Waals surface area (Å²) in [6.45, 7) is 3.75. The van der Waals surface area contributed by atoms with Crippen molar-refractivity contribution in [2.75, 3.05) is 48.8 Å². The van der Waals surface area contributed by atoms with E-state index in [1.807, 2.05) is 12.1 Å². The second-order valence-electron chi connectivity index (χ2n) is 5.57. The lowest BCUT2D eigenvalue weighted by molar-refractivity contribution is 0.262. The molecule has 1 saturated heterocycles. The summed E-state index contributed by atoms with van der Waals surface area (Å²) in [5, 5.41) is 9.29. The van der Waals surface area contributed by atoms with E-state index in [4.69, 9.17) is 16.3 Å². The summed E-state index contributed by atoms with van der Waals surface area (Å²) < 4.78 is 5.21. The number of pyridine rings is 1. The SMILES string of the molecule is COc1ccc(Cl)cc1NC(=O)Nc1ccc(N2CCNCC2)nc1. The van der Waals surface area contributed by atoms with Gasteiger partial charge in [0, 0.05) is 31.2 Å². The first-order chi connectivity index (χ1) is 12.2. The van der Waals surface area contributed by atoms with Gasteiger partial charge in [0.15, 0.2) is 0 Å². The Labute approximate surface area is 151 Å². The molecule has 0 spiro atoms. The van der Waals surface area contributed by atoms with E-state index < -0.39 is 6.03 Å². The van der Waals surface area contributed by atoms with E-state index in [9.17, 15) is 4.79 Å². The molecule has 3 N–H and O–H groups in total. The van der Waals surface area contributed by atoms with E-state index in [2.05, 4.69) is 25.8 Å². The maximum absolute atomic E-state index is 12.2. The molecular formula is C17H20ClN5O2. The van der Waals surface area contributed by atoms with Crippen molar-refractivity contribution in [2.24, 2.45) is 0 Å². The molecule has 0 bridgehead atoms. The van der Waals surface area contributed by atoms with E-state index in [1.54, 1.807) is 24.4 Å². The molecule has 2 amide bonds. The topological polar surface area (TPSA) is 78.5 Å². The van der Waals surface area contributed by atoms with Gasteiger partial charge in [0.1, 0.15) is 11.6 Å². The van der Waals surface area contributed by atoms with Crippen LogP contribution in [-0.4, -0.2) is 44.3 Å². The Balaban J connectivity index is 1.62. The molecule has 0 unspecified atom stereocenters. The van der Waals surface area contributed by atoms with Gasteiger partial charge in [-0.15, -0.1) is 0 Å². The number of hydrogen-bond donors (Lipinski definition) is 3. The summed E-state index contributed by atoms with van der Waals surface area (Å²) in [5.41, 5.74) is 1.11. The summed E-state index contributed by atoms with van der Waals surface area (Å²) >= 11 is 5.96. The highest BCUT2D eigenvalue weighted by Gasteiger charge is 2.12. The maximum Gasteiger partial charge on any atom is 0.323 e. The largest absolute Gasteiger partial charge is 0.495 e. The lowest BCUT2D eigenvalue weighted by atomic mass is 10.3. The molecule has 8 heteroatoms. The Hall–Kier alpha value is -2.51. The van der Waals surface area contributed by atoms with Crippen LogP contribution in [-0.2, 0) is 0 Å². The number of hydrogen-bond acceptors (Lipinski definition) is 5. The minimum atomic E-state index is -0.391. The summed E-state index contributed by atoms with van der Waals surface area (Å²) in [6.07, 6.45) is 1.64. The van der Waals surface area contributed by atoms with Gasteiger partial charge in [-0.3, -0.25) is 0 Å². The number of urea groups is 1. The van der Waals surface area contributed by atoms with Crippen LogP contribution in [0.4, 0.5) is 22.0 Å². The van der Waals surface area contributed by atoms with Gasteiger partial charge in [-0.2, -0.15) is 0 Å². The van der Waals surface area contributed by atoms with Crippen molar-refractivity contribution in [3.63, 3.8) is 0 Å². The summed E-state index contributed by atoms with van der Waals surface area (Å²) in [5.74, 6) is 1.44. The number of nitrogens with one attached hydrogen (secondary N) is 3. The third-order valence-corrected chi connectivity index (χ3v) is 4.09. The van der Waals surface area contributed by atoms with Crippen molar-refractivity contribution in [1.82, 2.24) is 10.3 Å². The van der Waals surface area contributed by atoms with E-state index in [-0.39, 0.29) is 0 Å². The van der Waals surface area contributed by atoms with Crippen LogP contribution in [0.25, 0.3) is 0 Å². The number of aromatic nitrogens is 1. The zero-order valence-electron chi connectivity index (χ0n) is 13.9. The fourth-order valence-corrected chi connectivity index (χ4v) is 2.78. The lowest BCUT2D eigenvalue weighted by Crippen LogP contribution is -2.43. The molecule has 1 fully saturated rings. The van der Waals surface area contributed by atoms with Crippen molar-refractivity contribution in [3.8, 4) is 5.75 Å². The first-order valence-electron chi connectivity index (χ1n) is 7.99. The van der Waals surface area contributed by atoms with Crippen molar-refractivity contribution in [2.45, 2.75) is 0 Å². The molecule has 7 nitrogen and oxygen atoms in total. The number of amides is 2. The second-order valence-corrected chi connectivity index (χ2v) is 6.00. The predicted molar refractivity (Wildman–Crippen MR) is 100.0 cm³/mol. The molecule has 3 rings (SSSR count). The zero-order valence-corrected chi connectivity index (χ0v) is 14.6. The second kappa shape index (κ2) is 8.04. The average molecular weight is 362 g/mol. The number of anilines is 3. The predicted octanol–water partition coefficient (Wildman–Crippen LogP) is 2.80. The molecule has 1 aliphatic rings. The standard InChI is InChI=1S/C17H20ClN5O2/c1-25-15-4-2-12(18)10-14(15)22-17(24)21-13-3-5-16(20-11-13)23-8-6-19-7-9-23/h2-5,10-11,19H,6-9H2,1H3,(H2,21,22,24). The molecule has 0 aliphatic carbocycles. The molecule has 0 radical (unpaired) electrons. The lowest BCUT2D eigenvalue weighted by Gasteiger charge is -2.28. The van der Waals surface area contributed by atoms with Gasteiger partial charge in [0.05, 0.1) is 24.7 Å². The first-order valence-corrected chi connectivity index (χ1v) is 8.37. The van der Waals surface area contributed by atoms with Gasteiger partial charge in [-0.25, -0.2) is 9.78 Å². The molecule has 25 heavy (non-hydrogen) atoms. The summed E-state index contributed by atoms with van der Waals surface area (Å²) in [7, 11) is 1.53. The quantitative estimate of drug-likeness (QED) is 0.780. The first kappa shape index (κ1) is 17.3. The van der Waals surface area contributed by atoms with Crippen molar-refractivity contribution in [1.29, 1.82) is 0 Å². The van der Waals surface area contributed by atoms with Crippen LogP contribution in [0.2, 0.25) is 5.02 Å². The highest BCUT2D eigenvalue weighted by molar-refractivity contribution is 6.31. The number of benzene rings is 1. The van der Waals surface area contributed by atoms with Gasteiger partial charge in [-0.05, 0) is 30.3 Å². The molecule has 1 aromatic carbocycles. The molecular weight excluding hydrogens is 342 g/mol. The number of carbonyl (C=O) groups excluding carboxylic acids is 1. The number of rotatable bonds is 4. The van der Waals surface area contributed by atoms with Crippen LogP contribution >= 0.6 is 11.6 Å². The van der Waals surface area contributed by atoms with Crippen molar-refractivity contribution >= 4 is 34.8 Å². The minimum Gasteiger partial charge on any atom is -0.495 e. The van der Waals surface area contributed by atoms with Crippen LogP contribution < -0.4 is 25.6 Å². The summed E-state index contributed by atoms with van der Waals surface area (Å²) in [4.78, 5) is 18.8. The van der Waals surface area contributed by atoms with E-state index in [1.165, 1.54) is 7.11 Å². The number of piperazine rings is 1. The minimum absolute atomic E-state index is 0.391. The van der Waals surface area contributed by atoms with Crippen LogP contribution in [0, 0.1) is 0 Å². The number of methoxy groups -OCH3 is 1. The van der Waals surface area contributed by atoms with E-state index in [0.29, 0.717) is 22.1 Å². The average Bonchev–Trinajstić information content (AvgIpc) is 2.63. The van der Waals surface area contributed by atoms with Gasteiger partial charge in [0.25, 0.3) is 0 Å². The number of ether oxygens (including phenoxy) is 1. The highest BCUT2D eigenvalue weighted by Crippen LogP contribution is 2.27. The molecule has 2 aromatic rings. The van der Waals surface area contributed by atoms with Crippen LogP contribution in [0.1, 0.15) is 0 Å². The van der Waals surface area contributed by atoms with E-state index >= 15 is 0 Å². The Morgan fingerprint density at radius 3 is 2.72 bits per heavy atom. The maximum atomic E-state index is 12.2. The Kier molecular flexibility index (Phi) is 5.57. The monoisotopic (exact) mass is 361 g/mol. The third-order valence-electron chi connectivity index (χ3n) is 3.86. The van der Waals surface area contributed by atoms with Crippen LogP contribution in [0.5, 0.6) is 5.75 Å². The number of halogens is 1. The smallest absolute Gasteiger partial charge is 0.323 e. The van der Waals surface area contributed by atoms with Gasteiger partial charge >= 0.3 is 6.03 Å². The third kappa shape index (κ3) is 4.52. The van der Waals surface area contributed by atoms with Crippen LogP contribution in [0.15, 0.2) is 36.5 Å². The van der Waals surface area contributed by atoms with Gasteiger partial charge in [0.2, 0.25) is 0 Å². The molecule has 132 valence electrons. The molecule has 1 aliphatic heterocycles. The highest BCUT2D eigenvalue weighted by atomic mass is 35.5. The van der Waals surface area contributed by atoms with Crippen molar-refractivity contribution in [3.05, 3.63) is 41.6 Å². The Morgan fingerprint density at radius 1 is 1.24 bits per heavy atom. The zero-order chi connectivity index (χ0) is 17.6. The molecule has 1 aromatic heterocycles. The fraction of sp³-hybridized carbons (Fsp3) is 0.294. The molecule has 0 atom stereocenters. The van der Waals surface area contributed by atoms with Crippen molar-refractivity contribution < 1.29 is 9.53 Å². The Bertz CT molecular complexity index is 732. The fourth-order valence-electron chi connectivity index (χ4n) is 2.60. The van der Waals surface area contributed by atoms with Gasteiger partial charge in [-0.1, -0.05) is 11.6 Å².